The number of halogens is 1. The molecular weight excluding hydrogens is 351 g/mol. The van der Waals surface area contributed by atoms with E-state index in [2.05, 4.69) is 52.0 Å². The van der Waals surface area contributed by atoms with Crippen molar-refractivity contribution in [1.82, 2.24) is 9.78 Å². The van der Waals surface area contributed by atoms with Gasteiger partial charge in [-0.2, -0.15) is 5.10 Å². The molecule has 102 valence electrons. The largest absolute Gasteiger partial charge is 0.388 e. The van der Waals surface area contributed by atoms with Gasteiger partial charge in [-0.1, -0.05) is 19.1 Å². The zero-order chi connectivity index (χ0) is 14.0. The molecule has 4 heteroatoms. The fourth-order valence-electron chi connectivity index (χ4n) is 2.31. The molecule has 0 fully saturated rings. The van der Waals surface area contributed by atoms with E-state index in [1.165, 1.54) is 9.13 Å². The average Bonchev–Trinajstić information content (AvgIpc) is 2.66. The van der Waals surface area contributed by atoms with Crippen LogP contribution in [0.3, 0.4) is 0 Å². The van der Waals surface area contributed by atoms with Crippen LogP contribution >= 0.6 is 22.6 Å². The van der Waals surface area contributed by atoms with Crippen molar-refractivity contribution in [2.24, 2.45) is 0 Å². The third-order valence-electron chi connectivity index (χ3n) is 3.40. The van der Waals surface area contributed by atoms with Crippen LogP contribution in [0.4, 0.5) is 0 Å². The monoisotopic (exact) mass is 370 g/mol. The molecule has 2 rings (SSSR count). The van der Waals surface area contributed by atoms with Gasteiger partial charge in [-0.05, 0) is 60.6 Å². The van der Waals surface area contributed by atoms with Gasteiger partial charge >= 0.3 is 0 Å². The normalized spacial score (nSPS) is 12.7. The van der Waals surface area contributed by atoms with Gasteiger partial charge in [-0.25, -0.2) is 0 Å². The molecule has 19 heavy (non-hydrogen) atoms. The highest BCUT2D eigenvalue weighted by Crippen LogP contribution is 2.24. The Balaban J connectivity index is 2.29. The van der Waals surface area contributed by atoms with Crippen LogP contribution in [0.5, 0.6) is 0 Å². The van der Waals surface area contributed by atoms with E-state index in [1.54, 1.807) is 0 Å². The van der Waals surface area contributed by atoms with Crippen LogP contribution in [0.1, 0.15) is 42.0 Å². The fourth-order valence-corrected chi connectivity index (χ4v) is 2.67. The number of nitrogens with zero attached hydrogens (tertiary/aromatic N) is 2. The second-order valence-corrected chi connectivity index (χ2v) is 6.04. The topological polar surface area (TPSA) is 38.1 Å². The SMILES string of the molecule is CCC(O)c1c(C)nn(Cc2ccc(I)cc2)c1C. The van der Waals surface area contributed by atoms with Crippen LogP contribution in [-0.4, -0.2) is 14.9 Å². The van der Waals surface area contributed by atoms with Crippen LogP contribution in [-0.2, 0) is 6.54 Å². The minimum atomic E-state index is -0.412. The number of hydrogen-bond donors (Lipinski definition) is 1. The Kier molecular flexibility index (Phi) is 4.62. The van der Waals surface area contributed by atoms with E-state index in [0.717, 1.165) is 29.9 Å². The van der Waals surface area contributed by atoms with Crippen molar-refractivity contribution in [2.45, 2.75) is 39.8 Å². The molecule has 1 N–H and O–H groups in total. The van der Waals surface area contributed by atoms with Gasteiger partial charge in [0.2, 0.25) is 0 Å². The Hall–Kier alpha value is -0.880. The first-order valence-electron chi connectivity index (χ1n) is 6.49. The number of aryl methyl sites for hydroxylation is 1. The van der Waals surface area contributed by atoms with Crippen LogP contribution in [0, 0.1) is 17.4 Å². The molecule has 0 aliphatic heterocycles. The Morgan fingerprint density at radius 2 is 1.89 bits per heavy atom. The standard InChI is InChI=1S/C15H19IN2O/c1-4-14(19)15-10(2)17-18(11(15)3)9-12-5-7-13(16)8-6-12/h5-8,14,19H,4,9H2,1-3H3. The van der Waals surface area contributed by atoms with Crippen molar-refractivity contribution in [3.63, 3.8) is 0 Å². The highest BCUT2D eigenvalue weighted by Gasteiger charge is 2.17. The maximum Gasteiger partial charge on any atom is 0.0823 e. The Bertz CT molecular complexity index is 560. The summed E-state index contributed by atoms with van der Waals surface area (Å²) in [5.41, 5.74) is 4.19. The molecule has 1 aromatic heterocycles. The second-order valence-electron chi connectivity index (χ2n) is 4.79. The third-order valence-corrected chi connectivity index (χ3v) is 4.12. The van der Waals surface area contributed by atoms with E-state index in [4.69, 9.17) is 0 Å². The highest BCUT2D eigenvalue weighted by molar-refractivity contribution is 14.1. The lowest BCUT2D eigenvalue weighted by Crippen LogP contribution is -2.05. The molecule has 1 unspecified atom stereocenters. The summed E-state index contributed by atoms with van der Waals surface area (Å²) >= 11 is 2.30. The number of aliphatic hydroxyl groups excluding tert-OH is 1. The lowest BCUT2D eigenvalue weighted by Gasteiger charge is -2.09. The van der Waals surface area contributed by atoms with Crippen LogP contribution in [0.2, 0.25) is 0 Å². The van der Waals surface area contributed by atoms with E-state index in [1.807, 2.05) is 25.5 Å². The van der Waals surface area contributed by atoms with E-state index >= 15 is 0 Å². The summed E-state index contributed by atoms with van der Waals surface area (Å²) < 4.78 is 3.21. The summed E-state index contributed by atoms with van der Waals surface area (Å²) in [6, 6.07) is 8.44. The molecule has 1 heterocycles. The summed E-state index contributed by atoms with van der Waals surface area (Å²) in [5, 5.41) is 14.6. The van der Waals surface area contributed by atoms with Gasteiger partial charge in [-0.3, -0.25) is 4.68 Å². The second kappa shape index (κ2) is 6.05. The number of rotatable bonds is 4. The van der Waals surface area contributed by atoms with E-state index in [-0.39, 0.29) is 0 Å². The maximum atomic E-state index is 10.1. The number of hydrogen-bond acceptors (Lipinski definition) is 2. The van der Waals surface area contributed by atoms with Gasteiger partial charge in [0.25, 0.3) is 0 Å². The predicted molar refractivity (Wildman–Crippen MR) is 85.2 cm³/mol. The Morgan fingerprint density at radius 3 is 2.47 bits per heavy atom. The molecule has 0 aliphatic rings. The predicted octanol–water partition coefficient (Wildman–Crippen LogP) is 3.60. The van der Waals surface area contributed by atoms with E-state index < -0.39 is 6.10 Å². The molecule has 0 amide bonds. The molecule has 3 nitrogen and oxygen atoms in total. The first-order valence-corrected chi connectivity index (χ1v) is 7.57. The smallest absolute Gasteiger partial charge is 0.0823 e. The maximum absolute atomic E-state index is 10.1. The summed E-state index contributed by atoms with van der Waals surface area (Å²) in [4.78, 5) is 0. The quantitative estimate of drug-likeness (QED) is 0.836. The number of benzene rings is 1. The van der Waals surface area contributed by atoms with Crippen LogP contribution in [0.15, 0.2) is 24.3 Å². The van der Waals surface area contributed by atoms with Crippen molar-refractivity contribution in [3.8, 4) is 0 Å². The molecule has 0 saturated heterocycles. The highest BCUT2D eigenvalue weighted by atomic mass is 127. The van der Waals surface area contributed by atoms with Crippen molar-refractivity contribution in [1.29, 1.82) is 0 Å². The molecule has 0 radical (unpaired) electrons. The van der Waals surface area contributed by atoms with Crippen LogP contribution in [0.25, 0.3) is 0 Å². The van der Waals surface area contributed by atoms with Gasteiger partial charge in [-0.15, -0.1) is 0 Å². The van der Waals surface area contributed by atoms with E-state index in [9.17, 15) is 5.11 Å². The van der Waals surface area contributed by atoms with Crippen molar-refractivity contribution in [2.75, 3.05) is 0 Å². The van der Waals surface area contributed by atoms with Crippen molar-refractivity contribution in [3.05, 3.63) is 50.4 Å². The number of aliphatic hydroxyl groups is 1. The number of aromatic nitrogens is 2. The minimum absolute atomic E-state index is 0.412. The zero-order valence-electron chi connectivity index (χ0n) is 11.5. The molecule has 0 spiro atoms. The molecule has 1 atom stereocenters. The molecule has 1 aromatic carbocycles. The molecule has 2 aromatic rings. The zero-order valence-corrected chi connectivity index (χ0v) is 13.7. The molecule has 0 bridgehead atoms. The van der Waals surface area contributed by atoms with Gasteiger partial charge in [0.1, 0.15) is 0 Å². The Morgan fingerprint density at radius 1 is 1.26 bits per heavy atom. The summed E-state index contributed by atoms with van der Waals surface area (Å²) in [6.07, 6.45) is 0.308. The first kappa shape index (κ1) is 14.5. The minimum Gasteiger partial charge on any atom is -0.388 e. The molecule has 0 saturated carbocycles. The average molecular weight is 370 g/mol. The van der Waals surface area contributed by atoms with E-state index in [0.29, 0.717) is 0 Å². The lowest BCUT2D eigenvalue weighted by molar-refractivity contribution is 0.172. The Labute approximate surface area is 127 Å². The summed E-state index contributed by atoms with van der Waals surface area (Å²) in [6.45, 7) is 6.73. The van der Waals surface area contributed by atoms with Crippen molar-refractivity contribution >= 4 is 22.6 Å². The molecule has 0 aliphatic carbocycles. The van der Waals surface area contributed by atoms with Gasteiger partial charge < -0.3 is 5.11 Å². The molecular formula is C15H19IN2O. The van der Waals surface area contributed by atoms with Crippen LogP contribution < -0.4 is 0 Å². The van der Waals surface area contributed by atoms with Crippen molar-refractivity contribution < 1.29 is 5.11 Å². The lowest BCUT2D eigenvalue weighted by atomic mass is 10.1. The van der Waals surface area contributed by atoms with Gasteiger partial charge in [0, 0.05) is 14.8 Å². The van der Waals surface area contributed by atoms with Gasteiger partial charge in [0.15, 0.2) is 0 Å². The summed E-state index contributed by atoms with van der Waals surface area (Å²) in [7, 11) is 0. The summed E-state index contributed by atoms with van der Waals surface area (Å²) in [5.74, 6) is 0. The fraction of sp³-hybridized carbons (Fsp3) is 0.400. The van der Waals surface area contributed by atoms with Gasteiger partial charge in [0.05, 0.1) is 18.3 Å². The first-order chi connectivity index (χ1) is 9.02. The third kappa shape index (κ3) is 3.17.